The van der Waals surface area contributed by atoms with Crippen LogP contribution in [0, 0.1) is 11.8 Å². The van der Waals surface area contributed by atoms with Gasteiger partial charge in [-0.1, -0.05) is 6.92 Å². The van der Waals surface area contributed by atoms with E-state index in [0.29, 0.717) is 5.56 Å². The summed E-state index contributed by atoms with van der Waals surface area (Å²) >= 11 is 0. The van der Waals surface area contributed by atoms with Crippen LogP contribution >= 0.6 is 0 Å². The van der Waals surface area contributed by atoms with E-state index in [1.54, 1.807) is 17.1 Å². The van der Waals surface area contributed by atoms with Crippen LogP contribution in [0.25, 0.3) is 0 Å². The van der Waals surface area contributed by atoms with E-state index in [9.17, 15) is 4.79 Å². The third-order valence-electron chi connectivity index (χ3n) is 3.53. The summed E-state index contributed by atoms with van der Waals surface area (Å²) in [5.41, 5.74) is 0.684. The van der Waals surface area contributed by atoms with Gasteiger partial charge in [0.05, 0.1) is 29.9 Å². The molecule has 1 fully saturated rings. The summed E-state index contributed by atoms with van der Waals surface area (Å²) in [6.45, 7) is 6.07. The van der Waals surface area contributed by atoms with Gasteiger partial charge >= 0.3 is 0 Å². The molecule has 1 aromatic heterocycles. The van der Waals surface area contributed by atoms with Gasteiger partial charge in [0, 0.05) is 13.2 Å². The predicted molar refractivity (Wildman–Crippen MR) is 60.2 cm³/mol. The summed E-state index contributed by atoms with van der Waals surface area (Å²) in [6, 6.07) is 0. The van der Waals surface area contributed by atoms with Gasteiger partial charge in [-0.15, -0.1) is 0 Å². The molecule has 4 heteroatoms. The minimum Gasteiger partial charge on any atom is -0.374 e. The monoisotopic (exact) mass is 222 g/mol. The Balaban J connectivity index is 2.22. The Kier molecular flexibility index (Phi) is 2.84. The second-order valence-electron chi connectivity index (χ2n) is 4.70. The van der Waals surface area contributed by atoms with Crippen LogP contribution in [-0.2, 0) is 11.8 Å². The van der Waals surface area contributed by atoms with Gasteiger partial charge in [0.2, 0.25) is 0 Å². The highest BCUT2D eigenvalue weighted by atomic mass is 16.5. The number of aryl methyl sites for hydroxylation is 1. The maximum atomic E-state index is 12.3. The molecule has 1 aliphatic heterocycles. The van der Waals surface area contributed by atoms with Crippen LogP contribution in [0.1, 0.15) is 31.1 Å². The Morgan fingerprint density at radius 2 is 2.06 bits per heavy atom. The van der Waals surface area contributed by atoms with Crippen LogP contribution in [0.15, 0.2) is 12.4 Å². The molecule has 0 amide bonds. The van der Waals surface area contributed by atoms with Crippen molar-refractivity contribution in [3.8, 4) is 0 Å². The summed E-state index contributed by atoms with van der Waals surface area (Å²) in [5.74, 6) is 0.374. The molecule has 0 radical (unpaired) electrons. The minimum absolute atomic E-state index is 0.00212. The number of aromatic nitrogens is 2. The highest BCUT2D eigenvalue weighted by Crippen LogP contribution is 2.34. The molecular formula is C12H18N2O2. The Hall–Kier alpha value is -1.16. The van der Waals surface area contributed by atoms with Gasteiger partial charge in [0.25, 0.3) is 0 Å². The normalized spacial score (nSPS) is 34.2. The molecule has 4 atom stereocenters. The SMILES string of the molecule is CC1OC(C)C(C(=O)c2cnn(C)c2)C1C. The summed E-state index contributed by atoms with van der Waals surface area (Å²) in [5, 5.41) is 4.03. The molecule has 4 unspecified atom stereocenters. The van der Waals surface area contributed by atoms with Gasteiger partial charge < -0.3 is 4.74 Å². The number of hydrogen-bond acceptors (Lipinski definition) is 3. The quantitative estimate of drug-likeness (QED) is 0.715. The van der Waals surface area contributed by atoms with Crippen LogP contribution in [0.4, 0.5) is 0 Å². The lowest BCUT2D eigenvalue weighted by Gasteiger charge is -2.15. The van der Waals surface area contributed by atoms with Gasteiger partial charge in [0.1, 0.15) is 0 Å². The molecular weight excluding hydrogens is 204 g/mol. The van der Waals surface area contributed by atoms with Gasteiger partial charge in [-0.3, -0.25) is 9.48 Å². The smallest absolute Gasteiger partial charge is 0.172 e. The highest BCUT2D eigenvalue weighted by molar-refractivity contribution is 5.98. The molecule has 1 saturated heterocycles. The lowest BCUT2D eigenvalue weighted by atomic mass is 9.84. The molecule has 0 saturated carbocycles. The Morgan fingerprint density at radius 3 is 2.50 bits per heavy atom. The predicted octanol–water partition coefficient (Wildman–Crippen LogP) is 1.66. The third-order valence-corrected chi connectivity index (χ3v) is 3.53. The van der Waals surface area contributed by atoms with Gasteiger partial charge in [-0.25, -0.2) is 0 Å². The molecule has 0 bridgehead atoms. The third kappa shape index (κ3) is 1.78. The molecule has 2 rings (SSSR count). The first-order chi connectivity index (χ1) is 7.50. The van der Waals surface area contributed by atoms with Crippen LogP contribution in [0.3, 0.4) is 0 Å². The van der Waals surface area contributed by atoms with Crippen LogP contribution in [0.2, 0.25) is 0 Å². The molecule has 0 aliphatic carbocycles. The number of carbonyl (C=O) groups excluding carboxylic acids is 1. The first-order valence-electron chi connectivity index (χ1n) is 5.69. The van der Waals surface area contributed by atoms with E-state index in [2.05, 4.69) is 12.0 Å². The van der Waals surface area contributed by atoms with Gasteiger partial charge in [0.15, 0.2) is 5.78 Å². The lowest BCUT2D eigenvalue weighted by Crippen LogP contribution is -2.26. The van der Waals surface area contributed by atoms with Crippen molar-refractivity contribution >= 4 is 5.78 Å². The number of nitrogens with zero attached hydrogens (tertiary/aromatic N) is 2. The first kappa shape index (κ1) is 11.3. The fourth-order valence-corrected chi connectivity index (χ4v) is 2.46. The Bertz CT molecular complexity index is 399. The number of carbonyl (C=O) groups is 1. The summed E-state index contributed by atoms with van der Waals surface area (Å²) in [4.78, 5) is 12.3. The van der Waals surface area contributed by atoms with Crippen molar-refractivity contribution in [3.05, 3.63) is 18.0 Å². The summed E-state index contributed by atoms with van der Waals surface area (Å²) in [7, 11) is 1.82. The number of ketones is 1. The van der Waals surface area contributed by atoms with E-state index in [4.69, 9.17) is 4.74 Å². The van der Waals surface area contributed by atoms with Crippen molar-refractivity contribution in [3.63, 3.8) is 0 Å². The maximum absolute atomic E-state index is 12.3. The maximum Gasteiger partial charge on any atom is 0.172 e. The van der Waals surface area contributed by atoms with Crippen molar-refractivity contribution < 1.29 is 9.53 Å². The van der Waals surface area contributed by atoms with Crippen molar-refractivity contribution in [2.45, 2.75) is 33.0 Å². The Labute approximate surface area is 95.6 Å². The van der Waals surface area contributed by atoms with Crippen molar-refractivity contribution in [2.75, 3.05) is 0 Å². The molecule has 1 aromatic rings. The van der Waals surface area contributed by atoms with E-state index >= 15 is 0 Å². The Morgan fingerprint density at radius 1 is 1.38 bits per heavy atom. The number of rotatable bonds is 2. The molecule has 2 heterocycles. The molecule has 4 nitrogen and oxygen atoms in total. The second-order valence-corrected chi connectivity index (χ2v) is 4.70. The first-order valence-corrected chi connectivity index (χ1v) is 5.69. The van der Waals surface area contributed by atoms with Crippen molar-refractivity contribution in [2.24, 2.45) is 18.9 Å². The molecule has 0 spiro atoms. The van der Waals surface area contributed by atoms with E-state index < -0.39 is 0 Å². The average molecular weight is 222 g/mol. The van der Waals surface area contributed by atoms with Crippen LogP contribution in [0.5, 0.6) is 0 Å². The van der Waals surface area contributed by atoms with Crippen molar-refractivity contribution in [1.82, 2.24) is 9.78 Å². The fourth-order valence-electron chi connectivity index (χ4n) is 2.46. The molecule has 0 aromatic carbocycles. The summed E-state index contributed by atoms with van der Waals surface area (Å²) < 4.78 is 7.34. The minimum atomic E-state index is -0.0424. The zero-order chi connectivity index (χ0) is 11.9. The number of hydrogen-bond donors (Lipinski definition) is 0. The van der Waals surface area contributed by atoms with E-state index in [1.807, 2.05) is 20.9 Å². The molecule has 1 aliphatic rings. The van der Waals surface area contributed by atoms with Gasteiger partial charge in [-0.2, -0.15) is 5.10 Å². The zero-order valence-electron chi connectivity index (χ0n) is 10.2. The number of Topliss-reactive ketones (excluding diaryl/α,β-unsaturated/α-hetero) is 1. The van der Waals surface area contributed by atoms with Crippen LogP contribution in [-0.4, -0.2) is 27.8 Å². The standard InChI is InChI=1S/C12H18N2O2/c1-7-8(2)16-9(3)11(7)12(15)10-5-13-14(4)6-10/h5-9,11H,1-4H3. The zero-order valence-corrected chi connectivity index (χ0v) is 10.2. The lowest BCUT2D eigenvalue weighted by molar-refractivity contribution is 0.0491. The second kappa shape index (κ2) is 4.01. The summed E-state index contributed by atoms with van der Waals surface area (Å²) in [6.07, 6.45) is 3.55. The largest absolute Gasteiger partial charge is 0.374 e. The molecule has 88 valence electrons. The molecule has 16 heavy (non-hydrogen) atoms. The van der Waals surface area contributed by atoms with Crippen molar-refractivity contribution in [1.29, 1.82) is 0 Å². The average Bonchev–Trinajstić information content (AvgIpc) is 2.73. The van der Waals surface area contributed by atoms with Crippen LogP contribution < -0.4 is 0 Å². The van der Waals surface area contributed by atoms with E-state index in [-0.39, 0.29) is 29.8 Å². The van der Waals surface area contributed by atoms with E-state index in [0.717, 1.165) is 0 Å². The highest BCUT2D eigenvalue weighted by Gasteiger charge is 2.41. The topological polar surface area (TPSA) is 44.1 Å². The fraction of sp³-hybridized carbons (Fsp3) is 0.667. The van der Waals surface area contributed by atoms with E-state index in [1.165, 1.54) is 0 Å². The number of ether oxygens (including phenoxy) is 1. The molecule has 0 N–H and O–H groups in total. The van der Waals surface area contributed by atoms with Gasteiger partial charge in [-0.05, 0) is 19.8 Å².